The minimum atomic E-state index is 0.619. The number of nitrogens with two attached hydrogens (primary N) is 1. The SMILES string of the molecule is CCN(CCCn1ccc(N)n1)C1CCCC1. The van der Waals surface area contributed by atoms with Crippen molar-refractivity contribution in [3.8, 4) is 0 Å². The monoisotopic (exact) mass is 236 g/mol. The topological polar surface area (TPSA) is 47.1 Å². The molecule has 0 saturated heterocycles. The van der Waals surface area contributed by atoms with Crippen LogP contribution in [0.1, 0.15) is 39.0 Å². The Bertz CT molecular complexity index is 328. The van der Waals surface area contributed by atoms with Crippen LogP contribution in [-0.2, 0) is 6.54 Å². The Labute approximate surface area is 104 Å². The van der Waals surface area contributed by atoms with Gasteiger partial charge in [0.15, 0.2) is 0 Å². The quantitative estimate of drug-likeness (QED) is 0.823. The van der Waals surface area contributed by atoms with Gasteiger partial charge in [0.05, 0.1) is 0 Å². The molecular formula is C13H24N4. The van der Waals surface area contributed by atoms with Crippen molar-refractivity contribution in [3.63, 3.8) is 0 Å². The summed E-state index contributed by atoms with van der Waals surface area (Å²) in [7, 11) is 0. The van der Waals surface area contributed by atoms with Crippen molar-refractivity contribution in [2.45, 2.75) is 51.6 Å². The number of hydrogen-bond acceptors (Lipinski definition) is 3. The van der Waals surface area contributed by atoms with Crippen LogP contribution in [0.5, 0.6) is 0 Å². The van der Waals surface area contributed by atoms with Crippen molar-refractivity contribution in [1.29, 1.82) is 0 Å². The summed E-state index contributed by atoms with van der Waals surface area (Å²) in [6.07, 6.45) is 8.73. The highest BCUT2D eigenvalue weighted by atomic mass is 15.3. The molecule has 0 atom stereocenters. The minimum absolute atomic E-state index is 0.619. The first-order chi connectivity index (χ1) is 8.29. The van der Waals surface area contributed by atoms with E-state index >= 15 is 0 Å². The van der Waals surface area contributed by atoms with Gasteiger partial charge in [-0.25, -0.2) is 0 Å². The highest BCUT2D eigenvalue weighted by molar-refractivity contribution is 5.23. The molecule has 4 nitrogen and oxygen atoms in total. The van der Waals surface area contributed by atoms with Gasteiger partial charge >= 0.3 is 0 Å². The molecule has 0 unspecified atom stereocenters. The summed E-state index contributed by atoms with van der Waals surface area (Å²) < 4.78 is 1.94. The zero-order chi connectivity index (χ0) is 12.1. The van der Waals surface area contributed by atoms with E-state index in [9.17, 15) is 0 Å². The Kier molecular flexibility index (Phi) is 4.42. The molecule has 17 heavy (non-hydrogen) atoms. The van der Waals surface area contributed by atoms with Crippen LogP contribution in [0.3, 0.4) is 0 Å². The van der Waals surface area contributed by atoms with Crippen molar-refractivity contribution in [1.82, 2.24) is 14.7 Å². The zero-order valence-corrected chi connectivity index (χ0v) is 10.8. The van der Waals surface area contributed by atoms with Crippen molar-refractivity contribution in [2.24, 2.45) is 0 Å². The van der Waals surface area contributed by atoms with Gasteiger partial charge in [0, 0.05) is 25.3 Å². The molecule has 1 aliphatic rings. The van der Waals surface area contributed by atoms with Gasteiger partial charge in [-0.15, -0.1) is 0 Å². The largest absolute Gasteiger partial charge is 0.382 e. The van der Waals surface area contributed by atoms with Crippen molar-refractivity contribution in [2.75, 3.05) is 18.8 Å². The number of nitrogens with zero attached hydrogens (tertiary/aromatic N) is 3. The Morgan fingerprint density at radius 2 is 2.24 bits per heavy atom. The van der Waals surface area contributed by atoms with E-state index in [4.69, 9.17) is 5.73 Å². The van der Waals surface area contributed by atoms with Gasteiger partial charge in [0.1, 0.15) is 5.82 Å². The summed E-state index contributed by atoms with van der Waals surface area (Å²) >= 11 is 0. The Hall–Kier alpha value is -1.03. The van der Waals surface area contributed by atoms with Gasteiger partial charge in [-0.1, -0.05) is 19.8 Å². The molecule has 2 N–H and O–H groups in total. The average molecular weight is 236 g/mol. The lowest BCUT2D eigenvalue weighted by molar-refractivity contribution is 0.202. The molecule has 0 amide bonds. The maximum atomic E-state index is 5.59. The van der Waals surface area contributed by atoms with Gasteiger partial charge in [-0.3, -0.25) is 4.68 Å². The summed E-state index contributed by atoms with van der Waals surface area (Å²) in [5.74, 6) is 0.619. The lowest BCUT2D eigenvalue weighted by Gasteiger charge is -2.27. The first kappa shape index (κ1) is 12.4. The molecule has 1 aromatic heterocycles. The van der Waals surface area contributed by atoms with Crippen LogP contribution in [0.25, 0.3) is 0 Å². The Morgan fingerprint density at radius 3 is 2.82 bits per heavy atom. The number of anilines is 1. The van der Waals surface area contributed by atoms with Crippen LogP contribution in [0.4, 0.5) is 5.82 Å². The number of aryl methyl sites for hydroxylation is 1. The molecule has 0 spiro atoms. The first-order valence-corrected chi connectivity index (χ1v) is 6.82. The normalized spacial score (nSPS) is 17.1. The van der Waals surface area contributed by atoms with E-state index < -0.39 is 0 Å². The minimum Gasteiger partial charge on any atom is -0.382 e. The third-order valence-electron chi connectivity index (χ3n) is 3.74. The van der Waals surface area contributed by atoms with E-state index in [-0.39, 0.29) is 0 Å². The molecule has 0 radical (unpaired) electrons. The lowest BCUT2D eigenvalue weighted by Crippen LogP contribution is -2.34. The van der Waals surface area contributed by atoms with Crippen molar-refractivity contribution >= 4 is 5.82 Å². The Balaban J connectivity index is 1.72. The van der Waals surface area contributed by atoms with E-state index in [1.165, 1.54) is 38.8 Å². The smallest absolute Gasteiger partial charge is 0.145 e. The fourth-order valence-corrected chi connectivity index (χ4v) is 2.81. The molecule has 4 heteroatoms. The van der Waals surface area contributed by atoms with E-state index in [2.05, 4.69) is 16.9 Å². The first-order valence-electron chi connectivity index (χ1n) is 6.82. The molecule has 1 fully saturated rings. The number of aromatic nitrogens is 2. The van der Waals surface area contributed by atoms with Gasteiger partial charge in [0.2, 0.25) is 0 Å². The average Bonchev–Trinajstić information content (AvgIpc) is 2.96. The second kappa shape index (κ2) is 6.05. The molecule has 1 saturated carbocycles. The van der Waals surface area contributed by atoms with Crippen LogP contribution in [0, 0.1) is 0 Å². The molecular weight excluding hydrogens is 212 g/mol. The number of hydrogen-bond donors (Lipinski definition) is 1. The summed E-state index contributed by atoms with van der Waals surface area (Å²) in [5, 5.41) is 4.21. The molecule has 1 aromatic rings. The highest BCUT2D eigenvalue weighted by Gasteiger charge is 2.20. The second-order valence-corrected chi connectivity index (χ2v) is 4.92. The third kappa shape index (κ3) is 3.46. The summed E-state index contributed by atoms with van der Waals surface area (Å²) in [6.45, 7) is 5.59. The lowest BCUT2D eigenvalue weighted by atomic mass is 10.2. The van der Waals surface area contributed by atoms with Crippen LogP contribution >= 0.6 is 0 Å². The maximum absolute atomic E-state index is 5.59. The number of nitrogen functional groups attached to an aromatic ring is 1. The fraction of sp³-hybridized carbons (Fsp3) is 0.769. The van der Waals surface area contributed by atoms with Crippen molar-refractivity contribution < 1.29 is 0 Å². The molecule has 1 heterocycles. The van der Waals surface area contributed by atoms with Crippen LogP contribution in [0.15, 0.2) is 12.3 Å². The van der Waals surface area contributed by atoms with E-state index in [1.54, 1.807) is 0 Å². The maximum Gasteiger partial charge on any atom is 0.145 e. The summed E-state index contributed by atoms with van der Waals surface area (Å²) in [6, 6.07) is 2.69. The van der Waals surface area contributed by atoms with Crippen LogP contribution in [0.2, 0.25) is 0 Å². The van der Waals surface area contributed by atoms with E-state index in [0.29, 0.717) is 5.82 Å². The van der Waals surface area contributed by atoms with Gasteiger partial charge in [-0.05, 0) is 31.9 Å². The van der Waals surface area contributed by atoms with E-state index in [1.807, 2.05) is 16.9 Å². The number of rotatable bonds is 6. The van der Waals surface area contributed by atoms with Crippen molar-refractivity contribution in [3.05, 3.63) is 12.3 Å². The predicted octanol–water partition coefficient (Wildman–Crippen LogP) is 2.12. The predicted molar refractivity (Wildman–Crippen MR) is 70.8 cm³/mol. The summed E-state index contributed by atoms with van der Waals surface area (Å²) in [4.78, 5) is 2.62. The van der Waals surface area contributed by atoms with Gasteiger partial charge in [0.25, 0.3) is 0 Å². The molecule has 0 aliphatic heterocycles. The molecule has 1 aliphatic carbocycles. The summed E-state index contributed by atoms with van der Waals surface area (Å²) in [5.41, 5.74) is 5.59. The van der Waals surface area contributed by atoms with Gasteiger partial charge < -0.3 is 10.6 Å². The fourth-order valence-electron chi connectivity index (χ4n) is 2.81. The molecule has 96 valence electrons. The highest BCUT2D eigenvalue weighted by Crippen LogP contribution is 2.23. The third-order valence-corrected chi connectivity index (χ3v) is 3.74. The van der Waals surface area contributed by atoms with Gasteiger partial charge in [-0.2, -0.15) is 5.10 Å². The molecule has 0 bridgehead atoms. The molecule has 0 aromatic carbocycles. The van der Waals surface area contributed by atoms with Crippen LogP contribution < -0.4 is 5.73 Å². The van der Waals surface area contributed by atoms with E-state index in [0.717, 1.165) is 19.0 Å². The molecule has 2 rings (SSSR count). The second-order valence-electron chi connectivity index (χ2n) is 4.92. The Morgan fingerprint density at radius 1 is 1.47 bits per heavy atom. The zero-order valence-electron chi connectivity index (χ0n) is 10.8. The standard InChI is InChI=1S/C13H24N4/c1-2-16(12-6-3-4-7-12)9-5-10-17-11-8-13(14)15-17/h8,11-12H,2-7,9-10H2,1H3,(H2,14,15). The van der Waals surface area contributed by atoms with Crippen LogP contribution in [-0.4, -0.2) is 33.8 Å².